The van der Waals surface area contributed by atoms with Crippen molar-refractivity contribution in [2.24, 2.45) is 0 Å². The van der Waals surface area contributed by atoms with Gasteiger partial charge in [-0.15, -0.1) is 0 Å². The zero-order valence-corrected chi connectivity index (χ0v) is 19.0. The summed E-state index contributed by atoms with van der Waals surface area (Å²) in [7, 11) is 0. The van der Waals surface area contributed by atoms with Crippen molar-refractivity contribution in [3.8, 4) is 0 Å². The second-order valence-corrected chi connectivity index (χ2v) is 8.29. The number of halogens is 2. The molecule has 2 fully saturated rings. The van der Waals surface area contributed by atoms with Crippen LogP contribution in [0, 0.1) is 11.6 Å². The number of urea groups is 1. The Hall–Kier alpha value is -3.52. The molecule has 3 amide bonds. The van der Waals surface area contributed by atoms with Gasteiger partial charge in [-0.3, -0.25) is 15.2 Å². The summed E-state index contributed by atoms with van der Waals surface area (Å²) in [4.78, 5) is 27.8. The molecule has 2 saturated heterocycles. The molecule has 34 heavy (non-hydrogen) atoms. The number of nitrogens with zero attached hydrogens (tertiary/aromatic N) is 4. The fourth-order valence-electron chi connectivity index (χ4n) is 3.69. The molecular weight excluding hydrogens is 472 g/mol. The van der Waals surface area contributed by atoms with E-state index >= 15 is 8.78 Å². The molecule has 2 aromatic rings. The summed E-state index contributed by atoms with van der Waals surface area (Å²) in [6, 6.07) is 3.22. The number of cyclic esters (lactones) is 1. The number of amides is 3. The van der Waals surface area contributed by atoms with Gasteiger partial charge in [-0.2, -0.15) is 0 Å². The molecule has 2 aliphatic heterocycles. The minimum absolute atomic E-state index is 0.0619. The van der Waals surface area contributed by atoms with Crippen LogP contribution in [-0.4, -0.2) is 72.7 Å². The molecule has 182 valence electrons. The Morgan fingerprint density at radius 1 is 1.29 bits per heavy atom. The molecule has 1 aromatic carbocycles. The fraction of sp³-hybridized carbons (Fsp3) is 0.400. The quantitative estimate of drug-likeness (QED) is 0.536. The van der Waals surface area contributed by atoms with Gasteiger partial charge < -0.3 is 19.5 Å². The van der Waals surface area contributed by atoms with Crippen molar-refractivity contribution >= 4 is 46.5 Å². The standard InChI is InChI=1S/C20H23F2N7O4S/c1-12(34)23-10-14-11-28(20(31)33-14)13-8-15(21)18(16(22)9-13)27-4-3-24-29(6-5-27)19(30)25-17-2-7-32-26-17/h2,7-9,14,24H,3-6,10-11H2,1H3,(H,23,34)(H,25,26,30)/t14-/m0/s1. The van der Waals surface area contributed by atoms with Gasteiger partial charge >= 0.3 is 12.1 Å². The van der Waals surface area contributed by atoms with E-state index in [1.165, 1.54) is 27.1 Å². The van der Waals surface area contributed by atoms with Crippen LogP contribution in [0.15, 0.2) is 29.0 Å². The smallest absolute Gasteiger partial charge is 0.414 e. The first kappa shape index (κ1) is 23.6. The van der Waals surface area contributed by atoms with Gasteiger partial charge in [0.2, 0.25) is 0 Å². The highest BCUT2D eigenvalue weighted by Gasteiger charge is 2.34. The first-order valence-corrected chi connectivity index (χ1v) is 10.9. The lowest BCUT2D eigenvalue weighted by molar-refractivity contribution is 0.143. The number of aromatic nitrogens is 1. The Morgan fingerprint density at radius 3 is 2.74 bits per heavy atom. The number of hydrazine groups is 1. The Balaban J connectivity index is 1.42. The summed E-state index contributed by atoms with van der Waals surface area (Å²) < 4.78 is 40.0. The largest absolute Gasteiger partial charge is 0.442 e. The lowest BCUT2D eigenvalue weighted by Gasteiger charge is -2.25. The molecule has 11 nitrogen and oxygen atoms in total. The van der Waals surface area contributed by atoms with Crippen molar-refractivity contribution in [3.05, 3.63) is 36.1 Å². The van der Waals surface area contributed by atoms with Crippen molar-refractivity contribution in [2.75, 3.05) is 54.4 Å². The van der Waals surface area contributed by atoms with E-state index in [0.29, 0.717) is 11.5 Å². The van der Waals surface area contributed by atoms with E-state index in [9.17, 15) is 9.59 Å². The molecule has 1 atom stereocenters. The number of ether oxygens (including phenoxy) is 1. The number of carbonyl (C=O) groups excluding carboxylic acids is 2. The van der Waals surface area contributed by atoms with Crippen LogP contribution in [0.2, 0.25) is 0 Å². The Morgan fingerprint density at radius 2 is 2.06 bits per heavy atom. The Bertz CT molecular complexity index is 1050. The maximum absolute atomic E-state index is 15.0. The van der Waals surface area contributed by atoms with Crippen molar-refractivity contribution in [1.29, 1.82) is 0 Å². The van der Waals surface area contributed by atoms with Gasteiger partial charge in [-0.05, 0) is 6.92 Å². The van der Waals surface area contributed by atoms with Gasteiger partial charge in [0.05, 0.1) is 30.3 Å². The second-order valence-electron chi connectivity index (χ2n) is 7.67. The fourth-order valence-corrected chi connectivity index (χ4v) is 3.77. The summed E-state index contributed by atoms with van der Waals surface area (Å²) in [5.41, 5.74) is 2.74. The SMILES string of the molecule is CC(=S)NC[C@H]1CN(c2cc(F)c(N3CCNN(C(=O)Nc4ccon4)CC3)c(F)c2)C(=O)O1. The predicted molar refractivity (Wildman–Crippen MR) is 123 cm³/mol. The van der Waals surface area contributed by atoms with E-state index in [1.807, 2.05) is 0 Å². The van der Waals surface area contributed by atoms with Gasteiger partial charge in [0, 0.05) is 37.8 Å². The van der Waals surface area contributed by atoms with Crippen molar-refractivity contribution in [3.63, 3.8) is 0 Å². The maximum atomic E-state index is 15.0. The molecule has 2 aliphatic rings. The minimum Gasteiger partial charge on any atom is -0.442 e. The monoisotopic (exact) mass is 495 g/mol. The van der Waals surface area contributed by atoms with Gasteiger partial charge in [-0.1, -0.05) is 17.4 Å². The number of hydrogen-bond acceptors (Lipinski definition) is 8. The first-order valence-electron chi connectivity index (χ1n) is 10.5. The minimum atomic E-state index is -0.820. The lowest BCUT2D eigenvalue weighted by atomic mass is 10.2. The Kier molecular flexibility index (Phi) is 7.07. The lowest BCUT2D eigenvalue weighted by Crippen LogP contribution is -2.46. The number of anilines is 3. The van der Waals surface area contributed by atoms with Crippen LogP contribution in [-0.2, 0) is 4.74 Å². The summed E-state index contributed by atoms with van der Waals surface area (Å²) in [5, 5.41) is 10.4. The van der Waals surface area contributed by atoms with Crippen molar-refractivity contribution < 1.29 is 27.6 Å². The van der Waals surface area contributed by atoms with Crippen LogP contribution >= 0.6 is 12.2 Å². The van der Waals surface area contributed by atoms with Crippen LogP contribution in [0.1, 0.15) is 6.92 Å². The van der Waals surface area contributed by atoms with E-state index in [-0.39, 0.29) is 49.9 Å². The molecule has 1 aromatic heterocycles. The summed E-state index contributed by atoms with van der Waals surface area (Å²) in [5.74, 6) is -1.39. The highest BCUT2D eigenvalue weighted by atomic mass is 32.1. The average Bonchev–Trinajstić information content (AvgIpc) is 3.35. The van der Waals surface area contributed by atoms with Gasteiger partial charge in [0.1, 0.15) is 18.1 Å². The highest BCUT2D eigenvalue weighted by molar-refractivity contribution is 7.80. The zero-order valence-electron chi connectivity index (χ0n) is 18.2. The molecular formula is C20H23F2N7O4S. The maximum Gasteiger partial charge on any atom is 0.414 e. The number of hydrogen-bond donors (Lipinski definition) is 3. The number of rotatable bonds is 5. The van der Waals surface area contributed by atoms with Crippen LogP contribution in [0.5, 0.6) is 0 Å². The van der Waals surface area contributed by atoms with Gasteiger partial charge in [0.15, 0.2) is 17.5 Å². The third-order valence-electron chi connectivity index (χ3n) is 5.28. The summed E-state index contributed by atoms with van der Waals surface area (Å²) >= 11 is 4.94. The van der Waals surface area contributed by atoms with Crippen LogP contribution in [0.3, 0.4) is 0 Å². The molecule has 4 rings (SSSR count). The molecule has 0 spiro atoms. The second kappa shape index (κ2) is 10.2. The highest BCUT2D eigenvalue weighted by Crippen LogP contribution is 2.31. The van der Waals surface area contributed by atoms with Crippen LogP contribution < -0.4 is 25.9 Å². The topological polar surface area (TPSA) is 115 Å². The normalized spacial score (nSPS) is 18.5. The molecule has 0 radical (unpaired) electrons. The first-order chi connectivity index (χ1) is 16.3. The summed E-state index contributed by atoms with van der Waals surface area (Å²) in [6.45, 7) is 2.97. The predicted octanol–water partition coefficient (Wildman–Crippen LogP) is 2.07. The number of thiocarbonyl (C=S) groups is 1. The molecule has 14 heteroatoms. The zero-order chi connectivity index (χ0) is 24.2. The van der Waals surface area contributed by atoms with Gasteiger partial charge in [-0.25, -0.2) is 23.8 Å². The van der Waals surface area contributed by atoms with Crippen molar-refractivity contribution in [1.82, 2.24) is 20.9 Å². The number of carbonyl (C=O) groups is 2. The molecule has 3 heterocycles. The Labute approximate surface area is 198 Å². The molecule has 0 saturated carbocycles. The molecule has 0 unspecified atom stereocenters. The van der Waals surface area contributed by atoms with Crippen LogP contribution in [0.25, 0.3) is 0 Å². The van der Waals surface area contributed by atoms with E-state index in [4.69, 9.17) is 17.0 Å². The molecule has 0 aliphatic carbocycles. The third-order valence-corrected chi connectivity index (χ3v) is 5.42. The van der Waals surface area contributed by atoms with Gasteiger partial charge in [0.25, 0.3) is 0 Å². The van der Waals surface area contributed by atoms with E-state index in [1.54, 1.807) is 6.92 Å². The number of benzene rings is 1. The van der Waals surface area contributed by atoms with E-state index < -0.39 is 29.9 Å². The third kappa shape index (κ3) is 5.34. The average molecular weight is 496 g/mol. The number of nitrogens with one attached hydrogen (secondary N) is 3. The molecule has 3 N–H and O–H groups in total. The van der Waals surface area contributed by atoms with E-state index in [0.717, 1.165) is 12.1 Å². The van der Waals surface area contributed by atoms with Crippen molar-refractivity contribution in [2.45, 2.75) is 13.0 Å². The van der Waals surface area contributed by atoms with E-state index in [2.05, 4.69) is 25.7 Å². The summed E-state index contributed by atoms with van der Waals surface area (Å²) in [6.07, 6.45) is 0.136. The molecule has 0 bridgehead atoms. The van der Waals surface area contributed by atoms with Crippen LogP contribution in [0.4, 0.5) is 35.6 Å².